The summed E-state index contributed by atoms with van der Waals surface area (Å²) in [6.07, 6.45) is -1.98. The van der Waals surface area contributed by atoms with Crippen LogP contribution in [-0.2, 0) is 39.1 Å². The fourth-order valence-electron chi connectivity index (χ4n) is 0.724. The molecule has 0 aliphatic carbocycles. The number of carboxylic acids is 2. The van der Waals surface area contributed by atoms with Gasteiger partial charge >= 0.3 is 142 Å². The van der Waals surface area contributed by atoms with Gasteiger partial charge in [0.05, 0.1) is 0 Å². The van der Waals surface area contributed by atoms with Gasteiger partial charge in [0.25, 0.3) is 0 Å². The first-order valence-electron chi connectivity index (χ1n) is 3.27. The first kappa shape index (κ1) is 18.1. The number of carboxylic acid groups (broad SMARTS) is 2. The number of carbonyl (C=O) groups is 3. The molecule has 0 rings (SSSR count). The number of aliphatic hydroxyl groups is 1. The zero-order valence-corrected chi connectivity index (χ0v) is 8.86. The Morgan fingerprint density at radius 2 is 1.67 bits per heavy atom. The predicted octanol–water partition coefficient (Wildman–Crippen LogP) is -1.98. The molecule has 0 radical (unpaired) electrons. The zero-order chi connectivity index (χ0) is 11.4. The molecule has 0 bridgehead atoms. The van der Waals surface area contributed by atoms with Gasteiger partial charge in [-0.15, -0.1) is 0 Å². The molecule has 0 fully saturated rings. The van der Waals surface area contributed by atoms with Gasteiger partial charge in [-0.25, -0.2) is 0 Å². The first-order valence-corrected chi connectivity index (χ1v) is 4.16. The molecule has 86 valence electrons. The van der Waals surface area contributed by atoms with Crippen LogP contribution in [-0.4, -0.2) is 90.2 Å². The van der Waals surface area contributed by atoms with Crippen molar-refractivity contribution in [2.75, 3.05) is 0 Å². The van der Waals surface area contributed by atoms with E-state index in [0.29, 0.717) is 0 Å². The van der Waals surface area contributed by atoms with E-state index in [-0.39, 0.29) is 51.4 Å². The maximum absolute atomic E-state index is 10.7. The molecule has 1 atom stereocenters. The number of hydrogen-bond acceptors (Lipinski definition) is 5. The van der Waals surface area contributed by atoms with Gasteiger partial charge < -0.3 is 0 Å². The number of rotatable bonds is 5. The van der Waals surface area contributed by atoms with E-state index in [1.54, 1.807) is 0 Å². The van der Waals surface area contributed by atoms with E-state index in [1.807, 2.05) is 0 Å². The van der Waals surface area contributed by atoms with Crippen LogP contribution in [0, 0.1) is 0 Å². The van der Waals surface area contributed by atoms with E-state index in [2.05, 4.69) is 3.24 Å². The molecule has 0 aliphatic heterocycles. The molecule has 0 saturated carbocycles. The topological polar surface area (TPSA) is 121 Å². The summed E-state index contributed by atoms with van der Waals surface area (Å²) in [5.41, 5.74) is -2.62. The molecule has 3 N–H and O–H groups in total. The van der Waals surface area contributed by atoms with Crippen molar-refractivity contribution in [3.63, 3.8) is 0 Å². The van der Waals surface area contributed by atoms with Crippen molar-refractivity contribution in [2.45, 2.75) is 18.4 Å². The van der Waals surface area contributed by atoms with Crippen LogP contribution >= 0.6 is 0 Å². The van der Waals surface area contributed by atoms with E-state index in [1.165, 1.54) is 21.5 Å². The Labute approximate surface area is 140 Å². The molecule has 7 nitrogen and oxygen atoms in total. The molecule has 0 spiro atoms. The predicted molar refractivity (Wildman–Crippen MR) is 42.7 cm³/mol. The van der Waals surface area contributed by atoms with E-state index >= 15 is 0 Å². The Bertz CT molecular complexity index is 268. The van der Waals surface area contributed by atoms with Crippen LogP contribution in [0.2, 0.25) is 0 Å². The van der Waals surface area contributed by atoms with Crippen molar-refractivity contribution >= 4 is 69.3 Å². The zero-order valence-electron chi connectivity index (χ0n) is 6.69. The number of carbonyl (C=O) groups excluding carboxylic acids is 1. The normalized spacial score (nSPS) is 13.3. The van der Waals surface area contributed by atoms with Crippen LogP contribution in [0.5, 0.6) is 0 Å². The van der Waals surface area contributed by atoms with Crippen LogP contribution < -0.4 is 0 Å². The van der Waals surface area contributed by atoms with E-state index < -0.39 is 36.4 Å². The van der Waals surface area contributed by atoms with Crippen molar-refractivity contribution in [1.82, 2.24) is 0 Å². The van der Waals surface area contributed by atoms with Gasteiger partial charge in [0, 0.05) is 0 Å². The summed E-state index contributed by atoms with van der Waals surface area (Å²) in [4.78, 5) is 31.4. The third kappa shape index (κ3) is 6.82. The molecule has 0 aromatic carbocycles. The molecule has 0 amide bonds. The first-order chi connectivity index (χ1) is 6.31. The minimum absolute atomic E-state index is 0. The summed E-state index contributed by atoms with van der Waals surface area (Å²) >= 11 is 1.38. The van der Waals surface area contributed by atoms with E-state index in [4.69, 9.17) is 10.2 Å². The average molecular weight is 428 g/mol. The number of aliphatic carboxylic acids is 2. The van der Waals surface area contributed by atoms with Crippen LogP contribution in [0.15, 0.2) is 0 Å². The van der Waals surface area contributed by atoms with Gasteiger partial charge in [0.2, 0.25) is 0 Å². The maximum atomic E-state index is 10.7. The monoisotopic (exact) mass is 428 g/mol. The van der Waals surface area contributed by atoms with Crippen LogP contribution in [0.3, 0.4) is 0 Å². The molecule has 9 heteroatoms. The second kappa shape index (κ2) is 7.93. The van der Waals surface area contributed by atoms with Gasteiger partial charge in [0.1, 0.15) is 0 Å². The fourth-order valence-corrected chi connectivity index (χ4v) is 0.881. The van der Waals surface area contributed by atoms with Crippen LogP contribution in [0.25, 0.3) is 0 Å². The summed E-state index contributed by atoms with van der Waals surface area (Å²) in [5.74, 6) is -4.31. The van der Waals surface area contributed by atoms with Crippen molar-refractivity contribution < 1.29 is 54.4 Å². The number of hydrogen-bond donors (Lipinski definition) is 3. The summed E-state index contributed by atoms with van der Waals surface area (Å²) in [5, 5.41) is 26.1. The Morgan fingerprint density at radius 1 is 1.20 bits per heavy atom. The van der Waals surface area contributed by atoms with Gasteiger partial charge in [-0.05, 0) is 0 Å². The minimum atomic E-state index is -2.62. The standard InChI is InChI=1S/C6H8O7.Au.K.H/c7-3(8)1-6(13,5(11)12)2-4(9)10;;;/h13H,1-2H2,(H,7,8)(H,9,10)(H,11,12);;;/q;+1;;/p-1. The van der Waals surface area contributed by atoms with Crippen molar-refractivity contribution in [3.8, 4) is 0 Å². The summed E-state index contributed by atoms with van der Waals surface area (Å²) in [6, 6.07) is 0. The van der Waals surface area contributed by atoms with Gasteiger partial charge in [-0.1, -0.05) is 0 Å². The molecule has 15 heavy (non-hydrogen) atoms. The molecule has 0 aromatic rings. The van der Waals surface area contributed by atoms with Crippen LogP contribution in [0.4, 0.5) is 0 Å². The second-order valence-corrected chi connectivity index (χ2v) is 2.96. The third-order valence-electron chi connectivity index (χ3n) is 1.35. The van der Waals surface area contributed by atoms with Crippen molar-refractivity contribution in [3.05, 3.63) is 0 Å². The van der Waals surface area contributed by atoms with Gasteiger partial charge in [-0.3, -0.25) is 0 Å². The van der Waals surface area contributed by atoms with Crippen LogP contribution in [0.1, 0.15) is 12.8 Å². The molecule has 0 aromatic heterocycles. The van der Waals surface area contributed by atoms with Gasteiger partial charge in [-0.2, -0.15) is 0 Å². The SMILES string of the molecule is O=C(O)CC(O)(CC(=O)[O][Au])C(=O)O.[KH]. The fraction of sp³-hybridized carbons (Fsp3) is 0.500. The summed E-state index contributed by atoms with van der Waals surface area (Å²) in [7, 11) is 0. The van der Waals surface area contributed by atoms with Crippen molar-refractivity contribution in [2.24, 2.45) is 0 Å². The molecule has 0 aliphatic rings. The van der Waals surface area contributed by atoms with Gasteiger partial charge in [0.15, 0.2) is 0 Å². The molecule has 0 heterocycles. The third-order valence-corrected chi connectivity index (χ3v) is 1.84. The van der Waals surface area contributed by atoms with E-state index in [0.717, 1.165) is 0 Å². The molecular formula is C6H8AuKO7. The second-order valence-electron chi connectivity index (χ2n) is 2.52. The summed E-state index contributed by atoms with van der Waals surface area (Å²) < 4.78 is 4.07. The molecule has 1 unspecified atom stereocenters. The summed E-state index contributed by atoms with van der Waals surface area (Å²) in [6.45, 7) is 0. The van der Waals surface area contributed by atoms with Crippen molar-refractivity contribution in [1.29, 1.82) is 0 Å². The Kier molecular flexibility index (Phi) is 9.58. The molecular weight excluding hydrogens is 420 g/mol. The Balaban J connectivity index is 0. The quantitative estimate of drug-likeness (QED) is 0.435. The Morgan fingerprint density at radius 3 is 1.93 bits per heavy atom. The molecule has 0 saturated heterocycles. The van der Waals surface area contributed by atoms with E-state index in [9.17, 15) is 19.5 Å². The Hall–Kier alpha value is 0.747. The average Bonchev–Trinajstić information content (AvgIpc) is 2.02.